The molecule has 5 nitrogen and oxygen atoms in total. The maximum Gasteiger partial charge on any atom is 0.242 e. The lowest BCUT2D eigenvalue weighted by Gasteiger charge is -2.14. The average Bonchev–Trinajstić information content (AvgIpc) is 2.59. The van der Waals surface area contributed by atoms with E-state index in [1.165, 1.54) is 18.4 Å². The van der Waals surface area contributed by atoms with Crippen molar-refractivity contribution in [3.8, 4) is 11.5 Å². The first-order valence-corrected chi connectivity index (χ1v) is 9.25. The van der Waals surface area contributed by atoms with Gasteiger partial charge in [0.25, 0.3) is 0 Å². The summed E-state index contributed by atoms with van der Waals surface area (Å²) in [6.45, 7) is 2.93. The molecule has 0 amide bonds. The zero-order chi connectivity index (χ0) is 17.6. The standard InChI is InChI=1S/C18H23NO4S/c1-4-12-22-17-10-5-6-11-18(17)23-14-15-8-7-9-16(13-15)24(20,21)19(2)3/h5-11,13H,4,12,14H2,1-3H3. The summed E-state index contributed by atoms with van der Waals surface area (Å²) in [5.74, 6) is 1.34. The van der Waals surface area contributed by atoms with Crippen molar-refractivity contribution in [2.24, 2.45) is 0 Å². The molecule has 2 aromatic rings. The summed E-state index contributed by atoms with van der Waals surface area (Å²) in [7, 11) is -0.422. The van der Waals surface area contributed by atoms with Crippen LogP contribution in [0.4, 0.5) is 0 Å². The van der Waals surface area contributed by atoms with Gasteiger partial charge in [-0.3, -0.25) is 0 Å². The first-order valence-electron chi connectivity index (χ1n) is 7.81. The number of nitrogens with zero attached hydrogens (tertiary/aromatic N) is 1. The Morgan fingerprint density at radius 1 is 0.958 bits per heavy atom. The second-order valence-electron chi connectivity index (χ2n) is 5.52. The van der Waals surface area contributed by atoms with Gasteiger partial charge in [0.05, 0.1) is 11.5 Å². The van der Waals surface area contributed by atoms with Crippen molar-refractivity contribution >= 4 is 10.0 Å². The van der Waals surface area contributed by atoms with Gasteiger partial charge in [0.15, 0.2) is 11.5 Å². The van der Waals surface area contributed by atoms with Gasteiger partial charge < -0.3 is 9.47 Å². The molecule has 2 rings (SSSR count). The average molecular weight is 349 g/mol. The Hall–Kier alpha value is -2.05. The van der Waals surface area contributed by atoms with Gasteiger partial charge in [0.1, 0.15) is 6.61 Å². The van der Waals surface area contributed by atoms with E-state index >= 15 is 0 Å². The molecule has 2 aromatic carbocycles. The third-order valence-corrected chi connectivity index (χ3v) is 5.19. The Labute approximate surface area is 143 Å². The van der Waals surface area contributed by atoms with Crippen LogP contribution in [0.2, 0.25) is 0 Å². The molecule has 0 aliphatic rings. The first-order chi connectivity index (χ1) is 11.4. The highest BCUT2D eigenvalue weighted by Crippen LogP contribution is 2.27. The van der Waals surface area contributed by atoms with Crippen molar-refractivity contribution in [2.75, 3.05) is 20.7 Å². The zero-order valence-corrected chi connectivity index (χ0v) is 15.0. The summed E-state index contributed by atoms with van der Waals surface area (Å²) in [4.78, 5) is 0.254. The van der Waals surface area contributed by atoms with E-state index in [-0.39, 0.29) is 11.5 Å². The summed E-state index contributed by atoms with van der Waals surface area (Å²) in [6.07, 6.45) is 0.915. The number of rotatable bonds is 8. The minimum Gasteiger partial charge on any atom is -0.490 e. The predicted molar refractivity (Wildman–Crippen MR) is 93.9 cm³/mol. The van der Waals surface area contributed by atoms with E-state index in [4.69, 9.17) is 9.47 Å². The lowest BCUT2D eigenvalue weighted by Crippen LogP contribution is -2.22. The fourth-order valence-electron chi connectivity index (χ4n) is 2.07. The molecule has 0 aliphatic carbocycles. The van der Waals surface area contributed by atoms with Gasteiger partial charge in [-0.1, -0.05) is 31.2 Å². The molecule has 0 heterocycles. The van der Waals surface area contributed by atoms with Crippen LogP contribution in [0, 0.1) is 0 Å². The highest BCUT2D eigenvalue weighted by atomic mass is 32.2. The summed E-state index contributed by atoms with van der Waals surface area (Å²) >= 11 is 0. The molecule has 0 aromatic heterocycles. The molecule has 130 valence electrons. The number of hydrogen-bond acceptors (Lipinski definition) is 4. The van der Waals surface area contributed by atoms with Crippen LogP contribution in [0.25, 0.3) is 0 Å². The third kappa shape index (κ3) is 4.49. The van der Waals surface area contributed by atoms with Crippen LogP contribution in [-0.2, 0) is 16.6 Å². The van der Waals surface area contributed by atoms with E-state index in [9.17, 15) is 8.42 Å². The van der Waals surface area contributed by atoms with Gasteiger partial charge in [-0.15, -0.1) is 0 Å². The lowest BCUT2D eigenvalue weighted by molar-refractivity contribution is 0.261. The van der Waals surface area contributed by atoms with Crippen molar-refractivity contribution < 1.29 is 17.9 Å². The Bertz CT molecular complexity index is 772. The van der Waals surface area contributed by atoms with Crippen LogP contribution in [-0.4, -0.2) is 33.4 Å². The minimum atomic E-state index is -3.45. The van der Waals surface area contributed by atoms with Gasteiger partial charge in [0.2, 0.25) is 10.0 Å². The summed E-state index contributed by atoms with van der Waals surface area (Å²) < 4.78 is 37.1. The first kappa shape index (κ1) is 18.3. The Kier molecular flexibility index (Phi) is 6.23. The molecular formula is C18H23NO4S. The van der Waals surface area contributed by atoms with E-state index in [0.29, 0.717) is 18.1 Å². The normalized spacial score (nSPS) is 11.5. The largest absolute Gasteiger partial charge is 0.490 e. The Morgan fingerprint density at radius 2 is 1.62 bits per heavy atom. The van der Waals surface area contributed by atoms with Crippen molar-refractivity contribution in [2.45, 2.75) is 24.8 Å². The van der Waals surface area contributed by atoms with Gasteiger partial charge in [-0.05, 0) is 36.2 Å². The number of ether oxygens (including phenoxy) is 2. The fraction of sp³-hybridized carbons (Fsp3) is 0.333. The molecule has 0 spiro atoms. The fourth-order valence-corrected chi connectivity index (χ4v) is 3.04. The van der Waals surface area contributed by atoms with E-state index in [0.717, 1.165) is 12.0 Å². The topological polar surface area (TPSA) is 55.8 Å². The maximum absolute atomic E-state index is 12.2. The number of sulfonamides is 1. The second-order valence-corrected chi connectivity index (χ2v) is 7.67. The molecule has 0 saturated heterocycles. The van der Waals surface area contributed by atoms with Gasteiger partial charge in [0, 0.05) is 14.1 Å². The molecule has 0 fully saturated rings. The molecule has 0 atom stereocenters. The molecule has 0 unspecified atom stereocenters. The number of hydrogen-bond donors (Lipinski definition) is 0. The van der Waals surface area contributed by atoms with E-state index in [1.807, 2.05) is 37.3 Å². The minimum absolute atomic E-state index is 0.254. The molecule has 0 aliphatic heterocycles. The van der Waals surface area contributed by atoms with Crippen molar-refractivity contribution in [3.63, 3.8) is 0 Å². The van der Waals surface area contributed by atoms with Crippen LogP contribution in [0.15, 0.2) is 53.4 Å². The highest BCUT2D eigenvalue weighted by Gasteiger charge is 2.17. The molecule has 6 heteroatoms. The molecule has 0 N–H and O–H groups in total. The smallest absolute Gasteiger partial charge is 0.242 e. The van der Waals surface area contributed by atoms with E-state index < -0.39 is 10.0 Å². The van der Waals surface area contributed by atoms with Gasteiger partial charge in [-0.25, -0.2) is 12.7 Å². The van der Waals surface area contributed by atoms with Crippen LogP contribution in [0.1, 0.15) is 18.9 Å². The summed E-state index contributed by atoms with van der Waals surface area (Å²) in [6, 6.07) is 14.2. The summed E-state index contributed by atoms with van der Waals surface area (Å²) in [5, 5.41) is 0. The van der Waals surface area contributed by atoms with E-state index in [1.54, 1.807) is 18.2 Å². The van der Waals surface area contributed by atoms with Gasteiger partial charge in [-0.2, -0.15) is 0 Å². The SMILES string of the molecule is CCCOc1ccccc1OCc1cccc(S(=O)(=O)N(C)C)c1. The Balaban J connectivity index is 2.14. The zero-order valence-electron chi connectivity index (χ0n) is 14.2. The van der Waals surface area contributed by atoms with E-state index in [2.05, 4.69) is 0 Å². The third-order valence-electron chi connectivity index (χ3n) is 3.38. The maximum atomic E-state index is 12.2. The summed E-state index contributed by atoms with van der Waals surface area (Å²) in [5.41, 5.74) is 0.781. The second kappa shape index (κ2) is 8.17. The predicted octanol–water partition coefficient (Wildman–Crippen LogP) is 3.30. The Morgan fingerprint density at radius 3 is 2.25 bits per heavy atom. The number of para-hydroxylation sites is 2. The van der Waals surface area contributed by atoms with Crippen LogP contribution >= 0.6 is 0 Å². The molecule has 0 bridgehead atoms. The molecular weight excluding hydrogens is 326 g/mol. The van der Waals surface area contributed by atoms with Crippen LogP contribution < -0.4 is 9.47 Å². The molecule has 0 saturated carbocycles. The molecule has 0 radical (unpaired) electrons. The lowest BCUT2D eigenvalue weighted by atomic mass is 10.2. The van der Waals surface area contributed by atoms with Crippen molar-refractivity contribution in [3.05, 3.63) is 54.1 Å². The quantitative estimate of drug-likeness (QED) is 0.734. The monoisotopic (exact) mass is 349 g/mol. The van der Waals surface area contributed by atoms with Crippen molar-refractivity contribution in [1.29, 1.82) is 0 Å². The highest BCUT2D eigenvalue weighted by molar-refractivity contribution is 7.89. The van der Waals surface area contributed by atoms with Crippen molar-refractivity contribution in [1.82, 2.24) is 4.31 Å². The number of benzene rings is 2. The van der Waals surface area contributed by atoms with Gasteiger partial charge >= 0.3 is 0 Å². The molecule has 24 heavy (non-hydrogen) atoms. The van der Waals surface area contributed by atoms with Crippen LogP contribution in [0.3, 0.4) is 0 Å². The van der Waals surface area contributed by atoms with Crippen LogP contribution in [0.5, 0.6) is 11.5 Å².